The third-order valence-electron chi connectivity index (χ3n) is 3.90. The molecule has 1 aromatic carbocycles. The van der Waals surface area contributed by atoms with Crippen molar-refractivity contribution in [1.29, 1.82) is 0 Å². The second-order valence-corrected chi connectivity index (χ2v) is 5.70. The summed E-state index contributed by atoms with van der Waals surface area (Å²) < 4.78 is 1.06. The van der Waals surface area contributed by atoms with Crippen LogP contribution in [0.1, 0.15) is 32.1 Å². The van der Waals surface area contributed by atoms with E-state index in [1.54, 1.807) is 0 Å². The predicted molar refractivity (Wildman–Crippen MR) is 67.4 cm³/mol. The highest BCUT2D eigenvalue weighted by atomic mass is 79.9. The Morgan fingerprint density at radius 1 is 1.12 bits per heavy atom. The van der Waals surface area contributed by atoms with Crippen LogP contribution < -0.4 is 4.90 Å². The van der Waals surface area contributed by atoms with E-state index in [0.29, 0.717) is 5.91 Å². The Labute approximate surface area is 104 Å². The van der Waals surface area contributed by atoms with Crippen molar-refractivity contribution >= 4 is 27.5 Å². The van der Waals surface area contributed by atoms with E-state index in [9.17, 15) is 4.79 Å². The van der Waals surface area contributed by atoms with Crippen LogP contribution in [0.3, 0.4) is 0 Å². The highest BCUT2D eigenvalue weighted by Crippen LogP contribution is 2.48. The Kier molecular flexibility index (Phi) is 2.32. The number of hydrogen-bond acceptors (Lipinski definition) is 1. The Morgan fingerprint density at radius 2 is 1.81 bits per heavy atom. The normalized spacial score (nSPS) is 22.6. The van der Waals surface area contributed by atoms with Crippen molar-refractivity contribution in [2.24, 2.45) is 0 Å². The molecule has 84 valence electrons. The lowest BCUT2D eigenvalue weighted by Crippen LogP contribution is -2.51. The van der Waals surface area contributed by atoms with Gasteiger partial charge in [-0.15, -0.1) is 0 Å². The van der Waals surface area contributed by atoms with Crippen molar-refractivity contribution in [2.75, 3.05) is 4.90 Å². The second-order valence-electron chi connectivity index (χ2n) is 4.78. The van der Waals surface area contributed by atoms with Crippen LogP contribution in [0.15, 0.2) is 28.7 Å². The Morgan fingerprint density at radius 3 is 2.38 bits per heavy atom. The summed E-state index contributed by atoms with van der Waals surface area (Å²) in [6.45, 7) is 0. The highest BCUT2D eigenvalue weighted by Gasteiger charge is 2.49. The monoisotopic (exact) mass is 279 g/mol. The number of amides is 1. The average Bonchev–Trinajstić information content (AvgIpc) is 2.57. The van der Waals surface area contributed by atoms with E-state index in [0.717, 1.165) is 23.0 Å². The molecule has 1 aliphatic heterocycles. The predicted octanol–water partition coefficient (Wildman–Crippen LogP) is 3.50. The van der Waals surface area contributed by atoms with E-state index in [1.165, 1.54) is 19.3 Å². The van der Waals surface area contributed by atoms with Crippen molar-refractivity contribution in [3.8, 4) is 0 Å². The molecule has 1 saturated carbocycles. The molecule has 2 fully saturated rings. The molecule has 0 unspecified atom stereocenters. The van der Waals surface area contributed by atoms with Gasteiger partial charge in [0.05, 0.1) is 0 Å². The van der Waals surface area contributed by atoms with Crippen molar-refractivity contribution in [1.82, 2.24) is 0 Å². The number of carbonyl (C=O) groups is 1. The fraction of sp³-hybridized carbons (Fsp3) is 0.462. The fourth-order valence-corrected chi connectivity index (χ4v) is 3.16. The van der Waals surface area contributed by atoms with E-state index in [2.05, 4.69) is 15.9 Å². The fourth-order valence-electron chi connectivity index (χ4n) is 2.89. The summed E-state index contributed by atoms with van der Waals surface area (Å²) in [5.74, 6) is 0.294. The van der Waals surface area contributed by atoms with Crippen molar-refractivity contribution in [3.63, 3.8) is 0 Å². The van der Waals surface area contributed by atoms with Gasteiger partial charge in [-0.1, -0.05) is 15.9 Å². The van der Waals surface area contributed by atoms with Crippen LogP contribution in [0.4, 0.5) is 5.69 Å². The number of rotatable bonds is 1. The molecule has 1 aliphatic carbocycles. The zero-order valence-corrected chi connectivity index (χ0v) is 10.7. The van der Waals surface area contributed by atoms with Gasteiger partial charge in [0.1, 0.15) is 0 Å². The van der Waals surface area contributed by atoms with Crippen LogP contribution in [0.2, 0.25) is 0 Å². The molecule has 2 aliphatic rings. The van der Waals surface area contributed by atoms with Gasteiger partial charge < -0.3 is 4.90 Å². The smallest absolute Gasteiger partial charge is 0.227 e. The molecule has 0 aromatic heterocycles. The lowest BCUT2D eigenvalue weighted by atomic mass is 9.74. The van der Waals surface area contributed by atoms with Gasteiger partial charge in [-0.2, -0.15) is 0 Å². The lowest BCUT2D eigenvalue weighted by Gasteiger charge is -2.45. The molecule has 0 N–H and O–H groups in total. The minimum Gasteiger partial charge on any atom is -0.306 e. The molecule has 16 heavy (non-hydrogen) atoms. The summed E-state index contributed by atoms with van der Waals surface area (Å²) in [4.78, 5) is 14.0. The molecule has 1 spiro atoms. The lowest BCUT2D eigenvalue weighted by molar-refractivity contribution is -0.117. The van der Waals surface area contributed by atoms with Crippen LogP contribution in [0.5, 0.6) is 0 Å². The molecule has 1 heterocycles. The summed E-state index contributed by atoms with van der Waals surface area (Å²) in [6.07, 6.45) is 5.38. The molecule has 3 heteroatoms. The Balaban J connectivity index is 1.97. The molecule has 1 amide bonds. The van der Waals surface area contributed by atoms with E-state index < -0.39 is 0 Å². The molecule has 3 rings (SSSR count). The van der Waals surface area contributed by atoms with Crippen LogP contribution in [0, 0.1) is 0 Å². The molecule has 1 aromatic rings. The van der Waals surface area contributed by atoms with Crippen molar-refractivity contribution in [2.45, 2.75) is 37.6 Å². The van der Waals surface area contributed by atoms with Gasteiger partial charge in [-0.05, 0) is 49.9 Å². The largest absolute Gasteiger partial charge is 0.306 e. The standard InChI is InChI=1S/C13H14BrNO/c14-10-2-4-11(5-3-10)15-12(16)6-9-13(15)7-1-8-13/h2-5H,1,6-9H2. The van der Waals surface area contributed by atoms with Crippen LogP contribution in [0.25, 0.3) is 0 Å². The molecule has 0 bridgehead atoms. The zero-order valence-electron chi connectivity index (χ0n) is 9.08. The van der Waals surface area contributed by atoms with E-state index >= 15 is 0 Å². The molecule has 2 nitrogen and oxygen atoms in total. The summed E-state index contributed by atoms with van der Waals surface area (Å²) in [5, 5.41) is 0. The third-order valence-corrected chi connectivity index (χ3v) is 4.43. The van der Waals surface area contributed by atoms with Gasteiger partial charge >= 0.3 is 0 Å². The molecule has 0 radical (unpaired) electrons. The summed E-state index contributed by atoms with van der Waals surface area (Å²) in [5.41, 5.74) is 1.23. The number of nitrogens with zero attached hydrogens (tertiary/aromatic N) is 1. The summed E-state index contributed by atoms with van der Waals surface area (Å²) in [7, 11) is 0. The van der Waals surface area contributed by atoms with Gasteiger partial charge in [0.15, 0.2) is 0 Å². The quantitative estimate of drug-likeness (QED) is 0.771. The van der Waals surface area contributed by atoms with Gasteiger partial charge in [-0.3, -0.25) is 4.79 Å². The first-order chi connectivity index (χ1) is 7.71. The van der Waals surface area contributed by atoms with Crippen LogP contribution in [-0.4, -0.2) is 11.4 Å². The van der Waals surface area contributed by atoms with Gasteiger partial charge in [0.25, 0.3) is 0 Å². The summed E-state index contributed by atoms with van der Waals surface area (Å²) in [6, 6.07) is 8.08. The van der Waals surface area contributed by atoms with Gasteiger partial charge in [-0.25, -0.2) is 0 Å². The maximum Gasteiger partial charge on any atom is 0.227 e. The minimum absolute atomic E-state index is 0.172. The van der Waals surface area contributed by atoms with Crippen molar-refractivity contribution < 1.29 is 4.79 Å². The maximum absolute atomic E-state index is 12.0. The first kappa shape index (κ1) is 10.3. The van der Waals surface area contributed by atoms with Gasteiger partial charge in [0.2, 0.25) is 5.91 Å². The molecule has 0 atom stereocenters. The number of carbonyl (C=O) groups excluding carboxylic acids is 1. The first-order valence-electron chi connectivity index (χ1n) is 5.80. The average molecular weight is 280 g/mol. The minimum atomic E-state index is 0.172. The maximum atomic E-state index is 12.0. The van der Waals surface area contributed by atoms with Crippen LogP contribution in [-0.2, 0) is 4.79 Å². The van der Waals surface area contributed by atoms with Crippen LogP contribution >= 0.6 is 15.9 Å². The Bertz CT molecular complexity index is 422. The zero-order chi connectivity index (χ0) is 11.2. The van der Waals surface area contributed by atoms with E-state index in [-0.39, 0.29) is 5.54 Å². The van der Waals surface area contributed by atoms with E-state index in [4.69, 9.17) is 0 Å². The number of benzene rings is 1. The number of halogens is 1. The number of hydrogen-bond donors (Lipinski definition) is 0. The third kappa shape index (κ3) is 1.41. The van der Waals surface area contributed by atoms with Crippen molar-refractivity contribution in [3.05, 3.63) is 28.7 Å². The molecule has 1 saturated heterocycles. The highest BCUT2D eigenvalue weighted by molar-refractivity contribution is 9.10. The topological polar surface area (TPSA) is 20.3 Å². The summed E-state index contributed by atoms with van der Waals surface area (Å²) >= 11 is 3.43. The van der Waals surface area contributed by atoms with Gasteiger partial charge in [0, 0.05) is 22.1 Å². The first-order valence-corrected chi connectivity index (χ1v) is 6.59. The molecular weight excluding hydrogens is 266 g/mol. The second kappa shape index (κ2) is 3.59. The van der Waals surface area contributed by atoms with E-state index in [1.807, 2.05) is 29.2 Å². The SMILES string of the molecule is O=C1CCC2(CCC2)N1c1ccc(Br)cc1. The number of anilines is 1. The molecular formula is C13H14BrNO. The Hall–Kier alpha value is -0.830.